The molecule has 0 aromatic heterocycles. The van der Waals surface area contributed by atoms with E-state index in [0.717, 1.165) is 11.7 Å². The van der Waals surface area contributed by atoms with Gasteiger partial charge in [-0.3, -0.25) is 0 Å². The minimum Gasteiger partial charge on any atom is -0.491 e. The molecule has 1 N–H and O–H groups in total. The lowest BCUT2D eigenvalue weighted by molar-refractivity contribution is 0.0705. The van der Waals surface area contributed by atoms with Gasteiger partial charge in [0.15, 0.2) is 0 Å². The molecule has 2 atom stereocenters. The van der Waals surface area contributed by atoms with Crippen molar-refractivity contribution >= 4 is 0 Å². The van der Waals surface area contributed by atoms with Gasteiger partial charge in [0.05, 0.1) is 19.8 Å². The van der Waals surface area contributed by atoms with E-state index in [1.54, 1.807) is 0 Å². The van der Waals surface area contributed by atoms with Crippen molar-refractivity contribution in [1.82, 2.24) is 0 Å². The lowest BCUT2D eigenvalue weighted by Crippen LogP contribution is -2.09. The number of ether oxygens (including phenoxy) is 2. The first kappa shape index (κ1) is 19.0. The second-order valence-corrected chi connectivity index (χ2v) is 5.95. The SMILES string of the molecule is CCC(C)CCC(CC)c1ccc(OCCOCCO)cc1. The van der Waals surface area contributed by atoms with Gasteiger partial charge in [-0.2, -0.15) is 0 Å². The molecule has 126 valence electrons. The second kappa shape index (κ2) is 11.5. The van der Waals surface area contributed by atoms with Crippen LogP contribution in [0, 0.1) is 5.92 Å². The summed E-state index contributed by atoms with van der Waals surface area (Å²) in [5.41, 5.74) is 1.41. The molecule has 1 rings (SSSR count). The van der Waals surface area contributed by atoms with Gasteiger partial charge in [-0.25, -0.2) is 0 Å². The summed E-state index contributed by atoms with van der Waals surface area (Å²) in [6, 6.07) is 8.48. The van der Waals surface area contributed by atoms with Gasteiger partial charge in [-0.1, -0.05) is 45.7 Å². The fourth-order valence-electron chi connectivity index (χ4n) is 2.52. The molecular weight excluding hydrogens is 276 g/mol. The van der Waals surface area contributed by atoms with Gasteiger partial charge in [-0.15, -0.1) is 0 Å². The highest BCUT2D eigenvalue weighted by molar-refractivity contribution is 5.29. The Balaban J connectivity index is 2.41. The van der Waals surface area contributed by atoms with Crippen LogP contribution in [0.2, 0.25) is 0 Å². The fourth-order valence-corrected chi connectivity index (χ4v) is 2.52. The maximum atomic E-state index is 8.62. The molecule has 1 aromatic carbocycles. The summed E-state index contributed by atoms with van der Waals surface area (Å²) in [6.07, 6.45) is 5.02. The minimum absolute atomic E-state index is 0.0593. The van der Waals surface area contributed by atoms with Crippen LogP contribution in [-0.4, -0.2) is 31.5 Å². The van der Waals surface area contributed by atoms with Gasteiger partial charge in [-0.05, 0) is 42.4 Å². The molecule has 3 heteroatoms. The summed E-state index contributed by atoms with van der Waals surface area (Å²) in [7, 11) is 0. The van der Waals surface area contributed by atoms with Crippen molar-refractivity contribution in [3.63, 3.8) is 0 Å². The van der Waals surface area contributed by atoms with Gasteiger partial charge in [0.2, 0.25) is 0 Å². The van der Waals surface area contributed by atoms with Gasteiger partial charge in [0.1, 0.15) is 12.4 Å². The van der Waals surface area contributed by atoms with Crippen LogP contribution in [-0.2, 0) is 4.74 Å². The normalized spacial score (nSPS) is 13.8. The Labute approximate surface area is 135 Å². The third kappa shape index (κ3) is 7.28. The Hall–Kier alpha value is -1.06. The first-order valence-electron chi connectivity index (χ1n) is 8.62. The van der Waals surface area contributed by atoms with E-state index in [0.29, 0.717) is 25.7 Å². The number of hydrogen-bond donors (Lipinski definition) is 1. The maximum absolute atomic E-state index is 8.62. The van der Waals surface area contributed by atoms with E-state index in [-0.39, 0.29) is 6.61 Å². The highest BCUT2D eigenvalue weighted by Crippen LogP contribution is 2.28. The lowest BCUT2D eigenvalue weighted by atomic mass is 9.88. The fraction of sp³-hybridized carbons (Fsp3) is 0.684. The smallest absolute Gasteiger partial charge is 0.119 e. The van der Waals surface area contributed by atoms with Crippen molar-refractivity contribution < 1.29 is 14.6 Å². The molecule has 0 aliphatic rings. The van der Waals surface area contributed by atoms with E-state index in [1.807, 2.05) is 12.1 Å². The van der Waals surface area contributed by atoms with Gasteiger partial charge in [0.25, 0.3) is 0 Å². The van der Waals surface area contributed by atoms with E-state index in [9.17, 15) is 0 Å². The molecule has 0 heterocycles. The molecule has 0 radical (unpaired) electrons. The minimum atomic E-state index is 0.0593. The van der Waals surface area contributed by atoms with Crippen LogP contribution in [0.15, 0.2) is 24.3 Å². The molecule has 0 bridgehead atoms. The second-order valence-electron chi connectivity index (χ2n) is 5.95. The standard InChI is InChI=1S/C19H32O3/c1-4-16(3)6-7-17(5-2)18-8-10-19(11-9-18)22-15-14-21-13-12-20/h8-11,16-17,20H,4-7,12-15H2,1-3H3. The summed E-state index contributed by atoms with van der Waals surface area (Å²) in [5, 5.41) is 8.62. The molecule has 1 aromatic rings. The third-order valence-corrected chi connectivity index (χ3v) is 4.28. The molecule has 0 aliphatic carbocycles. The summed E-state index contributed by atoms with van der Waals surface area (Å²) < 4.78 is 10.8. The first-order valence-corrected chi connectivity index (χ1v) is 8.62. The molecule has 0 saturated carbocycles. The Morgan fingerprint density at radius 1 is 0.955 bits per heavy atom. The molecule has 0 spiro atoms. The van der Waals surface area contributed by atoms with Crippen molar-refractivity contribution in [3.05, 3.63) is 29.8 Å². The van der Waals surface area contributed by atoms with E-state index >= 15 is 0 Å². The quantitative estimate of drug-likeness (QED) is 0.582. The summed E-state index contributed by atoms with van der Waals surface area (Å²) in [5.74, 6) is 2.35. The van der Waals surface area contributed by atoms with Crippen LogP contribution in [0.1, 0.15) is 57.9 Å². The van der Waals surface area contributed by atoms with Crippen LogP contribution in [0.3, 0.4) is 0 Å². The van der Waals surface area contributed by atoms with E-state index in [4.69, 9.17) is 14.6 Å². The van der Waals surface area contributed by atoms with Crippen LogP contribution < -0.4 is 4.74 Å². The van der Waals surface area contributed by atoms with Gasteiger partial charge < -0.3 is 14.6 Å². The van der Waals surface area contributed by atoms with Gasteiger partial charge >= 0.3 is 0 Å². The average Bonchev–Trinajstić information content (AvgIpc) is 2.56. The molecule has 0 fully saturated rings. The van der Waals surface area contributed by atoms with Crippen molar-refractivity contribution in [3.8, 4) is 5.75 Å². The number of hydrogen-bond acceptors (Lipinski definition) is 3. The van der Waals surface area contributed by atoms with Crippen LogP contribution in [0.5, 0.6) is 5.75 Å². The predicted molar refractivity (Wildman–Crippen MR) is 91.6 cm³/mol. The van der Waals surface area contributed by atoms with E-state index in [2.05, 4.69) is 32.9 Å². The van der Waals surface area contributed by atoms with Crippen molar-refractivity contribution in [2.45, 2.75) is 52.4 Å². The molecule has 22 heavy (non-hydrogen) atoms. The average molecular weight is 308 g/mol. The maximum Gasteiger partial charge on any atom is 0.119 e. The zero-order chi connectivity index (χ0) is 16.2. The van der Waals surface area contributed by atoms with Crippen molar-refractivity contribution in [2.24, 2.45) is 5.92 Å². The molecule has 0 amide bonds. The Bertz CT molecular complexity index is 375. The zero-order valence-corrected chi connectivity index (χ0v) is 14.4. The number of aliphatic hydroxyl groups is 1. The number of aliphatic hydroxyl groups excluding tert-OH is 1. The van der Waals surface area contributed by atoms with Crippen LogP contribution in [0.4, 0.5) is 0 Å². The van der Waals surface area contributed by atoms with Crippen molar-refractivity contribution in [2.75, 3.05) is 26.4 Å². The van der Waals surface area contributed by atoms with Crippen LogP contribution in [0.25, 0.3) is 0 Å². The third-order valence-electron chi connectivity index (χ3n) is 4.28. The predicted octanol–water partition coefficient (Wildman–Crippen LogP) is 4.39. The molecule has 0 saturated heterocycles. The van der Waals surface area contributed by atoms with E-state index in [1.165, 1.54) is 31.2 Å². The highest BCUT2D eigenvalue weighted by atomic mass is 16.5. The van der Waals surface area contributed by atoms with Crippen molar-refractivity contribution in [1.29, 1.82) is 0 Å². The summed E-state index contributed by atoms with van der Waals surface area (Å²) >= 11 is 0. The largest absolute Gasteiger partial charge is 0.491 e. The lowest BCUT2D eigenvalue weighted by Gasteiger charge is -2.18. The van der Waals surface area contributed by atoms with Crippen LogP contribution >= 0.6 is 0 Å². The topological polar surface area (TPSA) is 38.7 Å². The number of benzene rings is 1. The molecular formula is C19H32O3. The molecule has 0 aliphatic heterocycles. The molecule has 3 nitrogen and oxygen atoms in total. The first-order chi connectivity index (χ1) is 10.7. The van der Waals surface area contributed by atoms with E-state index < -0.39 is 0 Å². The monoisotopic (exact) mass is 308 g/mol. The zero-order valence-electron chi connectivity index (χ0n) is 14.4. The Morgan fingerprint density at radius 2 is 1.68 bits per heavy atom. The Morgan fingerprint density at radius 3 is 2.27 bits per heavy atom. The van der Waals surface area contributed by atoms with Gasteiger partial charge in [0, 0.05) is 0 Å². The highest BCUT2D eigenvalue weighted by Gasteiger charge is 2.11. The Kier molecular flexibility index (Phi) is 9.93. The number of rotatable bonds is 12. The molecule has 2 unspecified atom stereocenters. The summed E-state index contributed by atoms with van der Waals surface area (Å²) in [4.78, 5) is 0. The summed E-state index contributed by atoms with van der Waals surface area (Å²) in [6.45, 7) is 8.33.